The third-order valence-electron chi connectivity index (χ3n) is 3.50. The molecule has 1 N–H and O–H groups in total. The molecule has 3 heteroatoms. The zero-order valence-electron chi connectivity index (χ0n) is 10.6. The lowest BCUT2D eigenvalue weighted by molar-refractivity contribution is -0.137. The zero-order valence-corrected chi connectivity index (χ0v) is 10.6. The fourth-order valence-electron chi connectivity index (χ4n) is 2.48. The van der Waals surface area contributed by atoms with E-state index in [4.69, 9.17) is 9.84 Å². The molecular formula is C15H20O3. The molecule has 0 aromatic heterocycles. The Hall–Kier alpha value is -1.35. The maximum absolute atomic E-state index is 10.5. The summed E-state index contributed by atoms with van der Waals surface area (Å²) in [5.74, 6) is -0.103. The van der Waals surface area contributed by atoms with Gasteiger partial charge in [0.1, 0.15) is 0 Å². The summed E-state index contributed by atoms with van der Waals surface area (Å²) < 4.78 is 5.38. The fraction of sp³-hybridized carbons (Fsp3) is 0.533. The summed E-state index contributed by atoms with van der Waals surface area (Å²) in [6.45, 7) is 1.71. The minimum Gasteiger partial charge on any atom is -0.481 e. The van der Waals surface area contributed by atoms with Gasteiger partial charge in [-0.3, -0.25) is 4.79 Å². The number of hydrogen-bond donors (Lipinski definition) is 1. The highest BCUT2D eigenvalue weighted by Crippen LogP contribution is 2.27. The molecule has 0 bridgehead atoms. The second-order valence-corrected chi connectivity index (χ2v) is 4.88. The van der Waals surface area contributed by atoms with E-state index in [1.807, 2.05) is 0 Å². The molecule has 1 aromatic rings. The molecule has 1 saturated heterocycles. The maximum atomic E-state index is 10.5. The number of hydrogen-bond acceptors (Lipinski definition) is 2. The molecule has 2 rings (SSSR count). The predicted molar refractivity (Wildman–Crippen MR) is 69.8 cm³/mol. The molecule has 0 amide bonds. The van der Waals surface area contributed by atoms with Crippen molar-refractivity contribution < 1.29 is 14.6 Å². The van der Waals surface area contributed by atoms with Gasteiger partial charge in [0.25, 0.3) is 0 Å². The van der Waals surface area contributed by atoms with E-state index in [-0.39, 0.29) is 6.42 Å². The molecule has 1 aliphatic heterocycles. The first-order valence-corrected chi connectivity index (χ1v) is 6.64. The first-order valence-electron chi connectivity index (χ1n) is 6.64. The van der Waals surface area contributed by atoms with Crippen molar-refractivity contribution in [2.45, 2.75) is 38.0 Å². The monoisotopic (exact) mass is 248 g/mol. The highest BCUT2D eigenvalue weighted by molar-refractivity contribution is 5.66. The summed E-state index contributed by atoms with van der Waals surface area (Å²) in [4.78, 5) is 10.5. The minimum atomic E-state index is -0.712. The molecule has 0 aliphatic carbocycles. The van der Waals surface area contributed by atoms with Gasteiger partial charge >= 0.3 is 5.97 Å². The molecule has 18 heavy (non-hydrogen) atoms. The van der Waals surface area contributed by atoms with Crippen molar-refractivity contribution >= 4 is 5.97 Å². The lowest BCUT2D eigenvalue weighted by Gasteiger charge is -2.22. The van der Waals surface area contributed by atoms with Crippen LogP contribution in [0.2, 0.25) is 0 Å². The summed E-state index contributed by atoms with van der Waals surface area (Å²) in [5, 5.41) is 8.64. The Morgan fingerprint density at radius 3 is 2.83 bits per heavy atom. The van der Waals surface area contributed by atoms with E-state index < -0.39 is 5.97 Å². The van der Waals surface area contributed by atoms with Crippen molar-refractivity contribution in [3.63, 3.8) is 0 Å². The van der Waals surface area contributed by atoms with E-state index in [9.17, 15) is 4.79 Å². The Balaban J connectivity index is 1.93. The molecule has 0 atom stereocenters. The summed E-state index contributed by atoms with van der Waals surface area (Å²) in [6, 6.07) is 8.58. The lowest BCUT2D eigenvalue weighted by atomic mass is 9.90. The molecule has 0 spiro atoms. The first-order chi connectivity index (χ1) is 8.75. The number of benzene rings is 1. The average Bonchev–Trinajstić information content (AvgIpc) is 2.40. The van der Waals surface area contributed by atoms with Gasteiger partial charge in [-0.05, 0) is 42.7 Å². The van der Waals surface area contributed by atoms with E-state index in [1.165, 1.54) is 11.1 Å². The molecule has 1 fully saturated rings. The number of aryl methyl sites for hydroxylation is 1. The normalized spacial score (nSPS) is 16.7. The van der Waals surface area contributed by atoms with Gasteiger partial charge in [-0.1, -0.05) is 24.3 Å². The van der Waals surface area contributed by atoms with E-state index in [0.717, 1.165) is 32.5 Å². The van der Waals surface area contributed by atoms with Gasteiger partial charge in [-0.25, -0.2) is 0 Å². The van der Waals surface area contributed by atoms with Crippen LogP contribution in [0.4, 0.5) is 0 Å². The standard InChI is InChI=1S/C15H20O3/c16-15(17)6-2-4-12-3-1-5-14(11-12)13-7-9-18-10-8-13/h1,3,5,11,13H,2,4,6-10H2,(H,16,17). The predicted octanol–water partition coefficient (Wildman–Crippen LogP) is 2.99. The third kappa shape index (κ3) is 3.84. The summed E-state index contributed by atoms with van der Waals surface area (Å²) in [6.07, 6.45) is 4.01. The van der Waals surface area contributed by atoms with Gasteiger partial charge in [-0.2, -0.15) is 0 Å². The van der Waals surface area contributed by atoms with Gasteiger partial charge in [0.05, 0.1) is 0 Å². The van der Waals surface area contributed by atoms with Crippen molar-refractivity contribution in [2.24, 2.45) is 0 Å². The molecule has 0 unspecified atom stereocenters. The Bertz CT molecular complexity index is 394. The Morgan fingerprint density at radius 2 is 2.11 bits per heavy atom. The maximum Gasteiger partial charge on any atom is 0.303 e. The van der Waals surface area contributed by atoms with Crippen LogP contribution in [0.1, 0.15) is 42.7 Å². The Kier molecular flexibility index (Phi) is 4.76. The number of rotatable bonds is 5. The van der Waals surface area contributed by atoms with Crippen LogP contribution in [0, 0.1) is 0 Å². The van der Waals surface area contributed by atoms with Crippen LogP contribution in [0.5, 0.6) is 0 Å². The Morgan fingerprint density at radius 1 is 1.33 bits per heavy atom. The zero-order chi connectivity index (χ0) is 12.8. The van der Waals surface area contributed by atoms with Crippen LogP contribution < -0.4 is 0 Å². The van der Waals surface area contributed by atoms with Gasteiger partial charge in [0.15, 0.2) is 0 Å². The molecule has 98 valence electrons. The second-order valence-electron chi connectivity index (χ2n) is 4.88. The molecular weight excluding hydrogens is 228 g/mol. The van der Waals surface area contributed by atoms with Crippen LogP contribution in [0.3, 0.4) is 0 Å². The summed E-state index contributed by atoms with van der Waals surface area (Å²) >= 11 is 0. The number of carboxylic acids is 1. The number of carboxylic acid groups (broad SMARTS) is 1. The fourth-order valence-corrected chi connectivity index (χ4v) is 2.48. The number of aliphatic carboxylic acids is 1. The summed E-state index contributed by atoms with van der Waals surface area (Å²) in [7, 11) is 0. The van der Waals surface area contributed by atoms with Crippen molar-refractivity contribution in [1.29, 1.82) is 0 Å². The number of ether oxygens (including phenoxy) is 1. The van der Waals surface area contributed by atoms with E-state index >= 15 is 0 Å². The largest absolute Gasteiger partial charge is 0.481 e. The first kappa shape index (κ1) is 13.1. The minimum absolute atomic E-state index is 0.251. The molecule has 1 aliphatic rings. The topological polar surface area (TPSA) is 46.5 Å². The van der Waals surface area contributed by atoms with E-state index in [0.29, 0.717) is 12.3 Å². The van der Waals surface area contributed by atoms with Crippen LogP contribution in [0.15, 0.2) is 24.3 Å². The van der Waals surface area contributed by atoms with Crippen LogP contribution in [-0.2, 0) is 16.0 Å². The Labute approximate surface area is 108 Å². The van der Waals surface area contributed by atoms with Crippen molar-refractivity contribution in [3.8, 4) is 0 Å². The molecule has 1 aromatic carbocycles. The van der Waals surface area contributed by atoms with Crippen LogP contribution >= 0.6 is 0 Å². The van der Waals surface area contributed by atoms with Crippen molar-refractivity contribution in [2.75, 3.05) is 13.2 Å². The highest BCUT2D eigenvalue weighted by atomic mass is 16.5. The van der Waals surface area contributed by atoms with Gasteiger partial charge in [0, 0.05) is 19.6 Å². The smallest absolute Gasteiger partial charge is 0.303 e. The second kappa shape index (κ2) is 6.55. The molecule has 0 saturated carbocycles. The summed E-state index contributed by atoms with van der Waals surface area (Å²) in [5.41, 5.74) is 2.63. The third-order valence-corrected chi connectivity index (χ3v) is 3.50. The molecule has 0 radical (unpaired) electrons. The van der Waals surface area contributed by atoms with Crippen molar-refractivity contribution in [1.82, 2.24) is 0 Å². The SMILES string of the molecule is O=C(O)CCCc1cccc(C2CCOCC2)c1. The average molecular weight is 248 g/mol. The highest BCUT2D eigenvalue weighted by Gasteiger charge is 2.15. The quantitative estimate of drug-likeness (QED) is 0.871. The van der Waals surface area contributed by atoms with E-state index in [2.05, 4.69) is 24.3 Å². The van der Waals surface area contributed by atoms with Gasteiger partial charge < -0.3 is 9.84 Å². The van der Waals surface area contributed by atoms with E-state index in [1.54, 1.807) is 0 Å². The number of carbonyl (C=O) groups is 1. The van der Waals surface area contributed by atoms with Crippen molar-refractivity contribution in [3.05, 3.63) is 35.4 Å². The molecule has 1 heterocycles. The molecule has 3 nitrogen and oxygen atoms in total. The van der Waals surface area contributed by atoms with Crippen LogP contribution in [-0.4, -0.2) is 24.3 Å². The van der Waals surface area contributed by atoms with Gasteiger partial charge in [-0.15, -0.1) is 0 Å². The van der Waals surface area contributed by atoms with Gasteiger partial charge in [0.2, 0.25) is 0 Å². The van der Waals surface area contributed by atoms with Crippen LogP contribution in [0.25, 0.3) is 0 Å². The lowest BCUT2D eigenvalue weighted by Crippen LogP contribution is -2.14.